The molecular weight excluding hydrogens is 302 g/mol. The molecule has 1 saturated heterocycles. The minimum absolute atomic E-state index is 0.244. The minimum atomic E-state index is -0.709. The molecule has 1 N–H and O–H groups in total. The van der Waals surface area contributed by atoms with Crippen molar-refractivity contribution in [1.82, 2.24) is 10.2 Å². The molecule has 1 aromatic heterocycles. The fourth-order valence-corrected chi connectivity index (χ4v) is 2.89. The van der Waals surface area contributed by atoms with Crippen molar-refractivity contribution in [2.45, 2.75) is 12.8 Å². The zero-order chi connectivity index (χ0) is 15.5. The predicted molar refractivity (Wildman–Crippen MR) is 85.1 cm³/mol. The predicted octanol–water partition coefficient (Wildman–Crippen LogP) is 3.10. The van der Waals surface area contributed by atoms with E-state index < -0.39 is 5.97 Å². The number of piperidine rings is 1. The second-order valence-corrected chi connectivity index (χ2v) is 5.76. The molecule has 6 heteroatoms. The molecule has 2 aromatic rings. The van der Waals surface area contributed by atoms with Crippen LogP contribution in [0.25, 0.3) is 11.3 Å². The van der Waals surface area contributed by atoms with Crippen LogP contribution in [0.4, 0.5) is 5.82 Å². The summed E-state index contributed by atoms with van der Waals surface area (Å²) in [5, 5.41) is 18.2. The standard InChI is InChI=1S/C16H16ClN3O2/c17-13-4-2-1-3-12(13)14-5-6-15(19-18-14)20-9-7-11(8-10-20)16(21)22/h1-6,11H,7-10H2,(H,21,22). The Labute approximate surface area is 133 Å². The van der Waals surface area contributed by atoms with Gasteiger partial charge in [-0.05, 0) is 31.0 Å². The molecule has 2 heterocycles. The van der Waals surface area contributed by atoms with Crippen molar-refractivity contribution in [2.75, 3.05) is 18.0 Å². The number of halogens is 1. The summed E-state index contributed by atoms with van der Waals surface area (Å²) in [5.74, 6) is -0.175. The lowest BCUT2D eigenvalue weighted by atomic mass is 9.97. The van der Waals surface area contributed by atoms with E-state index in [-0.39, 0.29) is 5.92 Å². The number of hydrogen-bond donors (Lipinski definition) is 1. The van der Waals surface area contributed by atoms with Gasteiger partial charge in [0.25, 0.3) is 0 Å². The molecule has 5 nitrogen and oxygen atoms in total. The summed E-state index contributed by atoms with van der Waals surface area (Å²) in [6.07, 6.45) is 1.28. The highest BCUT2D eigenvalue weighted by atomic mass is 35.5. The molecule has 0 saturated carbocycles. The van der Waals surface area contributed by atoms with Crippen molar-refractivity contribution in [2.24, 2.45) is 5.92 Å². The van der Waals surface area contributed by atoms with Crippen LogP contribution in [0.2, 0.25) is 5.02 Å². The SMILES string of the molecule is O=C(O)C1CCN(c2ccc(-c3ccccc3Cl)nn2)CC1. The van der Waals surface area contributed by atoms with Gasteiger partial charge in [0.05, 0.1) is 16.6 Å². The molecule has 22 heavy (non-hydrogen) atoms. The van der Waals surface area contributed by atoms with Crippen LogP contribution in [0, 0.1) is 5.92 Å². The van der Waals surface area contributed by atoms with Crippen LogP contribution in [0.3, 0.4) is 0 Å². The lowest BCUT2D eigenvalue weighted by Gasteiger charge is -2.30. The van der Waals surface area contributed by atoms with Gasteiger partial charge in [0, 0.05) is 18.7 Å². The molecule has 1 fully saturated rings. The van der Waals surface area contributed by atoms with E-state index in [9.17, 15) is 4.79 Å². The highest BCUT2D eigenvalue weighted by molar-refractivity contribution is 6.33. The molecular formula is C16H16ClN3O2. The molecule has 3 rings (SSSR count). The second-order valence-electron chi connectivity index (χ2n) is 5.36. The lowest BCUT2D eigenvalue weighted by Crippen LogP contribution is -2.36. The van der Waals surface area contributed by atoms with Crippen molar-refractivity contribution in [1.29, 1.82) is 0 Å². The van der Waals surface area contributed by atoms with Crippen molar-refractivity contribution in [3.05, 3.63) is 41.4 Å². The summed E-state index contributed by atoms with van der Waals surface area (Å²) in [4.78, 5) is 13.0. The van der Waals surface area contributed by atoms with Gasteiger partial charge in [0.2, 0.25) is 0 Å². The van der Waals surface area contributed by atoms with Crippen molar-refractivity contribution in [3.63, 3.8) is 0 Å². The van der Waals surface area contributed by atoms with Crippen molar-refractivity contribution in [3.8, 4) is 11.3 Å². The maximum Gasteiger partial charge on any atom is 0.306 e. The maximum atomic E-state index is 11.0. The highest BCUT2D eigenvalue weighted by Crippen LogP contribution is 2.27. The normalized spacial score (nSPS) is 15.8. The van der Waals surface area contributed by atoms with Crippen molar-refractivity contribution >= 4 is 23.4 Å². The van der Waals surface area contributed by atoms with E-state index in [1.165, 1.54) is 0 Å². The summed E-state index contributed by atoms with van der Waals surface area (Å²) in [7, 11) is 0. The Bertz CT molecular complexity index is 667. The summed E-state index contributed by atoms with van der Waals surface area (Å²) in [5.41, 5.74) is 1.59. The highest BCUT2D eigenvalue weighted by Gasteiger charge is 2.25. The smallest absolute Gasteiger partial charge is 0.306 e. The molecule has 0 amide bonds. The number of nitrogens with zero attached hydrogens (tertiary/aromatic N) is 3. The van der Waals surface area contributed by atoms with E-state index in [4.69, 9.17) is 16.7 Å². The number of aromatic nitrogens is 2. The third kappa shape index (κ3) is 3.04. The Morgan fingerprint density at radius 1 is 1.14 bits per heavy atom. The van der Waals surface area contributed by atoms with Gasteiger partial charge >= 0.3 is 5.97 Å². The number of carboxylic acids is 1. The van der Waals surface area contributed by atoms with Crippen LogP contribution >= 0.6 is 11.6 Å². The van der Waals surface area contributed by atoms with Gasteiger partial charge in [-0.1, -0.05) is 29.8 Å². The first-order valence-electron chi connectivity index (χ1n) is 7.21. The largest absolute Gasteiger partial charge is 0.481 e. The molecule has 0 unspecified atom stereocenters. The van der Waals surface area contributed by atoms with Gasteiger partial charge in [-0.25, -0.2) is 0 Å². The van der Waals surface area contributed by atoms with Gasteiger partial charge in [-0.15, -0.1) is 10.2 Å². The van der Waals surface area contributed by atoms with Gasteiger partial charge < -0.3 is 10.0 Å². The Hall–Kier alpha value is -2.14. The third-order valence-electron chi connectivity index (χ3n) is 3.97. The van der Waals surface area contributed by atoms with Crippen molar-refractivity contribution < 1.29 is 9.90 Å². The summed E-state index contributed by atoms with van der Waals surface area (Å²) in [6.45, 7) is 1.38. The van der Waals surface area contributed by atoms with Crippen LogP contribution in [0.5, 0.6) is 0 Å². The molecule has 1 aromatic carbocycles. The summed E-state index contributed by atoms with van der Waals surface area (Å²) < 4.78 is 0. The van der Waals surface area contributed by atoms with E-state index >= 15 is 0 Å². The van der Waals surface area contributed by atoms with E-state index in [0.29, 0.717) is 31.0 Å². The monoisotopic (exact) mass is 317 g/mol. The number of hydrogen-bond acceptors (Lipinski definition) is 4. The van der Waals surface area contributed by atoms with Crippen LogP contribution in [-0.4, -0.2) is 34.4 Å². The fourth-order valence-electron chi connectivity index (χ4n) is 2.66. The van der Waals surface area contributed by atoms with Crippen LogP contribution in [0.1, 0.15) is 12.8 Å². The minimum Gasteiger partial charge on any atom is -0.481 e. The number of anilines is 1. The number of carbonyl (C=O) groups is 1. The van der Waals surface area contributed by atoms with Crippen LogP contribution in [-0.2, 0) is 4.79 Å². The first-order chi connectivity index (χ1) is 10.6. The quantitative estimate of drug-likeness (QED) is 0.942. The lowest BCUT2D eigenvalue weighted by molar-refractivity contribution is -0.142. The summed E-state index contributed by atoms with van der Waals surface area (Å²) >= 11 is 6.16. The zero-order valence-electron chi connectivity index (χ0n) is 11.9. The average molecular weight is 318 g/mol. The molecule has 0 bridgehead atoms. The Kier molecular flexibility index (Phi) is 4.24. The Morgan fingerprint density at radius 2 is 1.86 bits per heavy atom. The summed E-state index contributed by atoms with van der Waals surface area (Å²) in [6, 6.07) is 11.3. The second kappa shape index (κ2) is 6.32. The average Bonchev–Trinajstić information content (AvgIpc) is 2.56. The first-order valence-corrected chi connectivity index (χ1v) is 7.59. The third-order valence-corrected chi connectivity index (χ3v) is 4.30. The number of aliphatic carboxylic acids is 1. The number of rotatable bonds is 3. The van der Waals surface area contributed by atoms with Gasteiger partial charge in [-0.2, -0.15) is 0 Å². The van der Waals surface area contributed by atoms with Crippen LogP contribution < -0.4 is 4.90 Å². The fraction of sp³-hybridized carbons (Fsp3) is 0.312. The molecule has 1 aliphatic rings. The van der Waals surface area contributed by atoms with E-state index in [1.54, 1.807) is 0 Å². The van der Waals surface area contributed by atoms with E-state index in [0.717, 1.165) is 17.1 Å². The topological polar surface area (TPSA) is 66.3 Å². The molecule has 0 radical (unpaired) electrons. The Balaban J connectivity index is 1.73. The maximum absolute atomic E-state index is 11.0. The van der Waals surface area contributed by atoms with Gasteiger partial charge in [-0.3, -0.25) is 4.79 Å². The van der Waals surface area contributed by atoms with Gasteiger partial charge in [0.15, 0.2) is 5.82 Å². The van der Waals surface area contributed by atoms with E-state index in [1.807, 2.05) is 36.4 Å². The molecule has 114 valence electrons. The van der Waals surface area contributed by atoms with E-state index in [2.05, 4.69) is 15.1 Å². The van der Waals surface area contributed by atoms with Crippen LogP contribution in [0.15, 0.2) is 36.4 Å². The molecule has 1 aliphatic heterocycles. The number of benzene rings is 1. The molecule has 0 aliphatic carbocycles. The number of carboxylic acid groups (broad SMARTS) is 1. The molecule has 0 atom stereocenters. The first kappa shape index (κ1) is 14.8. The zero-order valence-corrected chi connectivity index (χ0v) is 12.7. The molecule has 0 spiro atoms. The Morgan fingerprint density at radius 3 is 2.45 bits per heavy atom. The van der Waals surface area contributed by atoms with Gasteiger partial charge in [0.1, 0.15) is 0 Å².